The van der Waals surface area contributed by atoms with Gasteiger partial charge in [0, 0.05) is 34.9 Å². The number of carbonyl (C=O) groups excluding carboxylic acids is 1. The maximum Gasteiger partial charge on any atom is 0.254 e. The van der Waals surface area contributed by atoms with Gasteiger partial charge in [-0.3, -0.25) is 10.0 Å². The Labute approximate surface area is 108 Å². The van der Waals surface area contributed by atoms with Crippen molar-refractivity contribution in [3.05, 3.63) is 35.4 Å². The fraction of sp³-hybridized carbons (Fsp3) is 0.429. The Morgan fingerprint density at radius 2 is 1.83 bits per heavy atom. The highest BCUT2D eigenvalue weighted by molar-refractivity contribution is 6.01. The number of benzene rings is 1. The fourth-order valence-electron chi connectivity index (χ4n) is 1.37. The lowest BCUT2D eigenvalue weighted by atomic mass is 10.1. The van der Waals surface area contributed by atoms with Crippen LogP contribution in [0.5, 0.6) is 0 Å². The Bertz CT molecular complexity index is 471. The van der Waals surface area contributed by atoms with Crippen molar-refractivity contribution in [2.24, 2.45) is 0 Å². The highest BCUT2D eigenvalue weighted by Crippen LogP contribution is 2.11. The second-order valence-electron chi connectivity index (χ2n) is 5.43. The van der Waals surface area contributed by atoms with Crippen LogP contribution in [0.4, 0.5) is 0 Å². The predicted octanol–water partition coefficient (Wildman–Crippen LogP) is 2.01. The van der Waals surface area contributed by atoms with Crippen LogP contribution < -0.4 is 0 Å². The molecule has 4 nitrogen and oxygen atoms in total. The van der Waals surface area contributed by atoms with Crippen LogP contribution in [0.2, 0.25) is 0 Å². The van der Waals surface area contributed by atoms with E-state index < -0.39 is 5.54 Å². The van der Waals surface area contributed by atoms with Crippen LogP contribution in [-0.4, -0.2) is 46.6 Å². The second kappa shape index (κ2) is 5.21. The largest absolute Gasteiger partial charge is 0.345 e. The Kier molecular flexibility index (Phi) is 4.11. The molecule has 0 saturated carbocycles. The van der Waals surface area contributed by atoms with Crippen LogP contribution in [0.1, 0.15) is 36.7 Å². The third-order valence-corrected chi connectivity index (χ3v) is 2.55. The topological polar surface area (TPSA) is 43.5 Å². The van der Waals surface area contributed by atoms with E-state index in [1.807, 2.05) is 39.0 Å². The standard InChI is InChI=1S/C14H21N2O2/c1-14(2,3)16(18)10-11-8-6-7-9-12(11)13(17)15(4)5/h6-10,18H,1-5H3/q+1/b16-10-. The van der Waals surface area contributed by atoms with Crippen LogP contribution in [0.3, 0.4) is 0 Å². The van der Waals surface area contributed by atoms with E-state index in [4.69, 9.17) is 0 Å². The zero-order valence-corrected chi connectivity index (χ0v) is 11.6. The number of hydroxylamine groups is 1. The summed E-state index contributed by atoms with van der Waals surface area (Å²) in [7, 11) is 3.42. The normalized spacial score (nSPS) is 12.4. The number of rotatable bonds is 2. The van der Waals surface area contributed by atoms with E-state index in [9.17, 15) is 10.0 Å². The van der Waals surface area contributed by atoms with Crippen LogP contribution in [0.15, 0.2) is 24.3 Å². The molecule has 0 unspecified atom stereocenters. The number of amides is 1. The summed E-state index contributed by atoms with van der Waals surface area (Å²) >= 11 is 0. The van der Waals surface area contributed by atoms with Gasteiger partial charge < -0.3 is 4.90 Å². The molecule has 1 N–H and O–H groups in total. The molecule has 0 atom stereocenters. The fourth-order valence-corrected chi connectivity index (χ4v) is 1.37. The summed E-state index contributed by atoms with van der Waals surface area (Å²) in [6, 6.07) is 7.22. The summed E-state index contributed by atoms with van der Waals surface area (Å²) in [6.07, 6.45) is 1.58. The summed E-state index contributed by atoms with van der Waals surface area (Å²) in [6.45, 7) is 5.67. The molecular weight excluding hydrogens is 228 g/mol. The maximum atomic E-state index is 12.0. The van der Waals surface area contributed by atoms with Crippen molar-refractivity contribution >= 4 is 12.1 Å². The minimum absolute atomic E-state index is 0.0795. The number of carbonyl (C=O) groups is 1. The Morgan fingerprint density at radius 1 is 1.28 bits per heavy atom. The molecule has 4 heteroatoms. The molecule has 0 aromatic heterocycles. The minimum Gasteiger partial charge on any atom is -0.345 e. The van der Waals surface area contributed by atoms with Crippen molar-refractivity contribution in [1.29, 1.82) is 0 Å². The molecule has 18 heavy (non-hydrogen) atoms. The van der Waals surface area contributed by atoms with Crippen molar-refractivity contribution in [1.82, 2.24) is 4.90 Å². The van der Waals surface area contributed by atoms with Gasteiger partial charge in [-0.1, -0.05) is 12.1 Å². The van der Waals surface area contributed by atoms with Gasteiger partial charge in [-0.05, 0) is 16.9 Å². The third-order valence-electron chi connectivity index (χ3n) is 2.55. The first kappa shape index (κ1) is 14.2. The first-order valence-electron chi connectivity index (χ1n) is 5.87. The molecule has 0 fully saturated rings. The van der Waals surface area contributed by atoms with E-state index in [-0.39, 0.29) is 5.91 Å². The molecular formula is C14H21N2O2+. The maximum absolute atomic E-state index is 12.0. The number of hydrogen-bond acceptors (Lipinski definition) is 2. The molecule has 0 bridgehead atoms. The molecule has 0 saturated heterocycles. The summed E-state index contributed by atoms with van der Waals surface area (Å²) in [5.41, 5.74) is 0.869. The van der Waals surface area contributed by atoms with E-state index in [1.165, 1.54) is 4.90 Å². The lowest BCUT2D eigenvalue weighted by molar-refractivity contribution is -0.816. The summed E-state index contributed by atoms with van der Waals surface area (Å²) in [4.78, 5) is 13.5. The van der Waals surface area contributed by atoms with Crippen LogP contribution in [0, 0.1) is 0 Å². The smallest absolute Gasteiger partial charge is 0.254 e. The predicted molar refractivity (Wildman–Crippen MR) is 71.4 cm³/mol. The van der Waals surface area contributed by atoms with Gasteiger partial charge >= 0.3 is 0 Å². The number of hydrogen-bond donors (Lipinski definition) is 1. The summed E-state index contributed by atoms with van der Waals surface area (Å²) in [5.74, 6) is -0.0795. The average Bonchev–Trinajstić information content (AvgIpc) is 2.27. The molecule has 1 amide bonds. The monoisotopic (exact) mass is 249 g/mol. The quantitative estimate of drug-likeness (QED) is 0.377. The van der Waals surface area contributed by atoms with Gasteiger partial charge in [0.25, 0.3) is 5.91 Å². The lowest BCUT2D eigenvalue weighted by Gasteiger charge is -2.13. The number of nitrogens with zero attached hydrogens (tertiary/aromatic N) is 2. The van der Waals surface area contributed by atoms with E-state index in [1.54, 1.807) is 26.4 Å². The Hall–Kier alpha value is -1.84. The van der Waals surface area contributed by atoms with E-state index in [0.717, 1.165) is 4.74 Å². The molecule has 1 aromatic rings. The average molecular weight is 249 g/mol. The van der Waals surface area contributed by atoms with Gasteiger partial charge in [-0.2, -0.15) is 0 Å². The lowest BCUT2D eigenvalue weighted by Crippen LogP contribution is -2.32. The molecule has 1 aromatic carbocycles. The highest BCUT2D eigenvalue weighted by atomic mass is 16.5. The van der Waals surface area contributed by atoms with E-state index in [0.29, 0.717) is 11.1 Å². The van der Waals surface area contributed by atoms with Gasteiger partial charge in [-0.15, -0.1) is 0 Å². The van der Waals surface area contributed by atoms with Gasteiger partial charge in [0.05, 0.1) is 11.1 Å². The first-order valence-corrected chi connectivity index (χ1v) is 5.87. The SMILES string of the molecule is CN(C)C(=O)c1ccccc1/C=[N+](\O)C(C)(C)C. The molecule has 0 spiro atoms. The van der Waals surface area contributed by atoms with Crippen molar-refractivity contribution in [2.45, 2.75) is 26.3 Å². The van der Waals surface area contributed by atoms with Gasteiger partial charge in [-0.25, -0.2) is 0 Å². The van der Waals surface area contributed by atoms with Crippen molar-refractivity contribution in [2.75, 3.05) is 14.1 Å². The van der Waals surface area contributed by atoms with E-state index >= 15 is 0 Å². The molecule has 0 radical (unpaired) electrons. The van der Waals surface area contributed by atoms with E-state index in [2.05, 4.69) is 0 Å². The Morgan fingerprint density at radius 3 is 2.33 bits per heavy atom. The van der Waals surface area contributed by atoms with Crippen LogP contribution in [-0.2, 0) is 0 Å². The van der Waals surface area contributed by atoms with Crippen LogP contribution >= 0.6 is 0 Å². The van der Waals surface area contributed by atoms with Gasteiger partial charge in [0.15, 0.2) is 0 Å². The molecule has 0 aliphatic carbocycles. The molecule has 98 valence electrons. The highest BCUT2D eigenvalue weighted by Gasteiger charge is 2.25. The third kappa shape index (κ3) is 3.32. The molecule has 0 aliphatic heterocycles. The first-order chi connectivity index (χ1) is 8.23. The molecule has 0 aliphatic rings. The van der Waals surface area contributed by atoms with Crippen molar-refractivity contribution in [3.63, 3.8) is 0 Å². The molecule has 0 heterocycles. The second-order valence-corrected chi connectivity index (χ2v) is 5.43. The summed E-state index contributed by atoms with van der Waals surface area (Å²) in [5, 5.41) is 9.94. The zero-order chi connectivity index (χ0) is 13.9. The van der Waals surface area contributed by atoms with Gasteiger partial charge in [0.2, 0.25) is 11.8 Å². The van der Waals surface area contributed by atoms with Crippen molar-refractivity contribution in [3.8, 4) is 0 Å². The van der Waals surface area contributed by atoms with Gasteiger partial charge in [0.1, 0.15) is 0 Å². The zero-order valence-electron chi connectivity index (χ0n) is 11.6. The minimum atomic E-state index is -0.408. The van der Waals surface area contributed by atoms with Crippen LogP contribution in [0.25, 0.3) is 0 Å². The van der Waals surface area contributed by atoms with Crippen molar-refractivity contribution < 1.29 is 14.7 Å². The summed E-state index contributed by atoms with van der Waals surface area (Å²) < 4.78 is 1.12. The Balaban J connectivity index is 3.23. The molecule has 1 rings (SSSR count).